The van der Waals surface area contributed by atoms with E-state index in [0.29, 0.717) is 0 Å². The van der Waals surface area contributed by atoms with Gasteiger partial charge in [0.25, 0.3) is 0 Å². The molecular weight excluding hydrogens is 295 g/mol. The Kier molecular flexibility index (Phi) is 3.92. The van der Waals surface area contributed by atoms with Crippen LogP contribution in [0.4, 0.5) is 0 Å². The summed E-state index contributed by atoms with van der Waals surface area (Å²) in [6, 6.07) is 25.6. The van der Waals surface area contributed by atoms with Crippen LogP contribution in [0.5, 0.6) is 5.75 Å². The fraction of sp³-hybridized carbons (Fsp3) is 0. The third-order valence-electron chi connectivity index (χ3n) is 3.43. The van der Waals surface area contributed by atoms with Crippen molar-refractivity contribution in [1.82, 2.24) is 0 Å². The minimum Gasteiger partial charge on any atom is -0.508 e. The summed E-state index contributed by atoms with van der Waals surface area (Å²) in [4.78, 5) is 0. The molecule has 0 saturated carbocycles. The summed E-state index contributed by atoms with van der Waals surface area (Å²) >= 11 is 6.16. The van der Waals surface area contributed by atoms with Crippen molar-refractivity contribution in [3.05, 3.63) is 84.9 Å². The van der Waals surface area contributed by atoms with E-state index in [1.807, 2.05) is 48.5 Å². The minimum absolute atomic E-state index is 0.258. The third-order valence-corrected chi connectivity index (χ3v) is 8.39. The Labute approximate surface area is 129 Å². The molecule has 0 atom stereocenters. The van der Waals surface area contributed by atoms with Gasteiger partial charge in [-0.1, -0.05) is 84.6 Å². The second kappa shape index (κ2) is 5.85. The number of hydrogen-bond donors (Lipinski definition) is 1. The van der Waals surface area contributed by atoms with Gasteiger partial charge in [-0.05, 0) is 28.0 Å². The molecule has 0 bridgehead atoms. The molecule has 0 amide bonds. The molecule has 0 spiro atoms. The van der Waals surface area contributed by atoms with Crippen molar-refractivity contribution in [1.29, 1.82) is 0 Å². The summed E-state index contributed by atoms with van der Waals surface area (Å²) in [5, 5.41) is 13.1. The lowest BCUT2D eigenvalue weighted by Crippen LogP contribution is -2.24. The van der Waals surface area contributed by atoms with Gasteiger partial charge in [-0.3, -0.25) is 0 Å². The molecule has 21 heavy (non-hydrogen) atoms. The van der Waals surface area contributed by atoms with Gasteiger partial charge in [0, 0.05) is 6.04 Å². The van der Waals surface area contributed by atoms with Crippen molar-refractivity contribution < 1.29 is 5.11 Å². The number of phenols is 1. The number of phenolic OH excluding ortho intramolecular Hbond substituents is 1. The van der Waals surface area contributed by atoms with Gasteiger partial charge < -0.3 is 5.11 Å². The molecule has 0 saturated heterocycles. The fourth-order valence-electron chi connectivity index (χ4n) is 2.41. The number of hydrogen-bond acceptors (Lipinski definition) is 2. The summed E-state index contributed by atoms with van der Waals surface area (Å²) in [5.41, 5.74) is 0. The fourth-order valence-corrected chi connectivity index (χ4v) is 6.17. The molecule has 0 aliphatic carbocycles. The summed E-state index contributed by atoms with van der Waals surface area (Å²) in [6.07, 6.45) is 0. The summed E-state index contributed by atoms with van der Waals surface area (Å²) in [6.45, 7) is 0. The number of benzene rings is 3. The Morgan fingerprint density at radius 2 is 1.10 bits per heavy atom. The predicted molar refractivity (Wildman–Crippen MR) is 94.2 cm³/mol. The molecule has 0 fully saturated rings. The summed E-state index contributed by atoms with van der Waals surface area (Å²) in [7, 11) is 0. The highest BCUT2D eigenvalue weighted by molar-refractivity contribution is 8.25. The molecule has 0 aromatic heterocycles. The standard InChI is InChI=1S/C18H15OPS/c19-15-8-7-13-18(14-15)20(21,16-9-3-1-4-10-16)17-11-5-2-6-12-17/h1-14,19H. The van der Waals surface area contributed by atoms with E-state index in [4.69, 9.17) is 11.8 Å². The first-order valence-corrected chi connectivity index (χ1v) is 9.52. The van der Waals surface area contributed by atoms with Crippen LogP contribution in [-0.4, -0.2) is 5.11 Å². The van der Waals surface area contributed by atoms with Gasteiger partial charge >= 0.3 is 0 Å². The van der Waals surface area contributed by atoms with Gasteiger partial charge in [0.2, 0.25) is 0 Å². The van der Waals surface area contributed by atoms with Crippen LogP contribution >= 0.6 is 6.04 Å². The molecular formula is C18H15OPS. The molecule has 3 heteroatoms. The molecule has 3 aromatic carbocycles. The van der Waals surface area contributed by atoms with E-state index in [-0.39, 0.29) is 5.75 Å². The van der Waals surface area contributed by atoms with Crippen molar-refractivity contribution in [2.24, 2.45) is 0 Å². The summed E-state index contributed by atoms with van der Waals surface area (Å²) < 4.78 is 0. The molecule has 0 radical (unpaired) electrons. The molecule has 3 aromatic rings. The molecule has 1 N–H and O–H groups in total. The average molecular weight is 310 g/mol. The molecule has 0 unspecified atom stereocenters. The first-order chi connectivity index (χ1) is 10.2. The molecule has 0 heterocycles. The Balaban J connectivity index is 2.29. The van der Waals surface area contributed by atoms with Crippen molar-refractivity contribution in [3.8, 4) is 5.75 Å². The summed E-state index contributed by atoms with van der Waals surface area (Å²) in [5.74, 6) is 0.258. The number of rotatable bonds is 3. The van der Waals surface area contributed by atoms with Crippen LogP contribution in [0.3, 0.4) is 0 Å². The van der Waals surface area contributed by atoms with E-state index in [9.17, 15) is 5.11 Å². The Hall–Kier alpha value is -1.89. The van der Waals surface area contributed by atoms with E-state index in [2.05, 4.69) is 24.3 Å². The van der Waals surface area contributed by atoms with Gasteiger partial charge in [-0.25, -0.2) is 0 Å². The van der Waals surface area contributed by atoms with Gasteiger partial charge in [-0.2, -0.15) is 0 Å². The Morgan fingerprint density at radius 1 is 0.619 bits per heavy atom. The quantitative estimate of drug-likeness (QED) is 0.750. The van der Waals surface area contributed by atoms with E-state index < -0.39 is 6.04 Å². The highest BCUT2D eigenvalue weighted by atomic mass is 32.4. The van der Waals surface area contributed by atoms with Gasteiger partial charge in [0.1, 0.15) is 5.75 Å². The molecule has 0 aliphatic rings. The smallest absolute Gasteiger partial charge is 0.116 e. The first kappa shape index (κ1) is 14.1. The van der Waals surface area contributed by atoms with Crippen LogP contribution in [0.1, 0.15) is 0 Å². The molecule has 1 nitrogen and oxygen atoms in total. The largest absolute Gasteiger partial charge is 0.508 e. The van der Waals surface area contributed by atoms with Crippen LogP contribution in [0, 0.1) is 0 Å². The van der Waals surface area contributed by atoms with Gasteiger partial charge in [0.05, 0.1) is 0 Å². The molecule has 104 valence electrons. The topological polar surface area (TPSA) is 20.2 Å². The Morgan fingerprint density at radius 3 is 1.57 bits per heavy atom. The lowest BCUT2D eigenvalue weighted by molar-refractivity contribution is 0.476. The maximum Gasteiger partial charge on any atom is 0.116 e. The van der Waals surface area contributed by atoms with Gasteiger partial charge in [-0.15, -0.1) is 0 Å². The van der Waals surface area contributed by atoms with E-state index in [0.717, 1.165) is 15.9 Å². The van der Waals surface area contributed by atoms with Crippen LogP contribution in [0.2, 0.25) is 0 Å². The Bertz CT molecular complexity index is 741. The second-order valence-corrected chi connectivity index (χ2v) is 9.21. The van der Waals surface area contributed by atoms with E-state index in [1.165, 1.54) is 0 Å². The minimum atomic E-state index is -2.13. The molecule has 3 rings (SSSR count). The zero-order valence-corrected chi connectivity index (χ0v) is 13.1. The molecule has 0 aliphatic heterocycles. The third kappa shape index (κ3) is 2.65. The monoisotopic (exact) mass is 310 g/mol. The lowest BCUT2D eigenvalue weighted by atomic mass is 10.3. The zero-order valence-electron chi connectivity index (χ0n) is 11.4. The van der Waals surface area contributed by atoms with Crippen molar-refractivity contribution >= 4 is 33.8 Å². The van der Waals surface area contributed by atoms with Crippen LogP contribution in [-0.2, 0) is 11.8 Å². The average Bonchev–Trinajstić information content (AvgIpc) is 2.56. The SMILES string of the molecule is Oc1cccc(P(=S)(c2ccccc2)c2ccccc2)c1. The number of aromatic hydroxyl groups is 1. The maximum atomic E-state index is 9.84. The van der Waals surface area contributed by atoms with Crippen molar-refractivity contribution in [2.75, 3.05) is 0 Å². The normalized spacial score (nSPS) is 11.2. The predicted octanol–water partition coefficient (Wildman–Crippen LogP) is 3.15. The van der Waals surface area contributed by atoms with E-state index >= 15 is 0 Å². The lowest BCUT2D eigenvalue weighted by Gasteiger charge is -2.24. The van der Waals surface area contributed by atoms with E-state index in [1.54, 1.807) is 12.1 Å². The highest BCUT2D eigenvalue weighted by Gasteiger charge is 2.24. The second-order valence-electron chi connectivity index (χ2n) is 4.80. The van der Waals surface area contributed by atoms with Crippen molar-refractivity contribution in [2.45, 2.75) is 0 Å². The van der Waals surface area contributed by atoms with Crippen LogP contribution < -0.4 is 15.9 Å². The first-order valence-electron chi connectivity index (χ1n) is 6.72. The highest BCUT2D eigenvalue weighted by Crippen LogP contribution is 2.43. The zero-order chi connectivity index (χ0) is 14.7. The van der Waals surface area contributed by atoms with Crippen molar-refractivity contribution in [3.63, 3.8) is 0 Å². The van der Waals surface area contributed by atoms with Gasteiger partial charge in [0.15, 0.2) is 0 Å². The van der Waals surface area contributed by atoms with Crippen LogP contribution in [0.15, 0.2) is 84.9 Å². The van der Waals surface area contributed by atoms with Crippen LogP contribution in [0.25, 0.3) is 0 Å². The maximum absolute atomic E-state index is 9.84.